The number of hydrogen-bond donors (Lipinski definition) is 2. The summed E-state index contributed by atoms with van der Waals surface area (Å²) in [4.78, 5) is 23.0. The monoisotopic (exact) mass is 231 g/mol. The molecule has 2 N–H and O–H groups in total. The van der Waals surface area contributed by atoms with Crippen LogP contribution in [0, 0.1) is 0 Å². The molecule has 8 nitrogen and oxygen atoms in total. The predicted molar refractivity (Wildman–Crippen MR) is 51.6 cm³/mol. The lowest BCUT2D eigenvalue weighted by Crippen LogP contribution is -2.38. The summed E-state index contributed by atoms with van der Waals surface area (Å²) in [5.74, 6) is -1.07. The second-order valence-electron chi connectivity index (χ2n) is 2.51. The van der Waals surface area contributed by atoms with Crippen molar-refractivity contribution in [2.45, 2.75) is 6.92 Å². The highest BCUT2D eigenvalue weighted by Gasteiger charge is 2.15. The standard InChI is InChI=1S/C6H9N5O3S/c1-2-11(3-4(12)13)6(14)7-5-8-9-10-15-5/h2-3H2,1H3,(H,12,13)(H,7,8,10,14). The fourth-order valence-corrected chi connectivity index (χ4v) is 1.20. The minimum absolute atomic E-state index is 0.240. The Balaban J connectivity index is 2.54. The molecule has 0 unspecified atom stereocenters. The molecule has 0 atom stereocenters. The van der Waals surface area contributed by atoms with Crippen molar-refractivity contribution >= 4 is 28.7 Å². The number of rotatable bonds is 4. The number of carbonyl (C=O) groups is 2. The van der Waals surface area contributed by atoms with Gasteiger partial charge in [-0.3, -0.25) is 10.1 Å². The molecule has 0 aliphatic carbocycles. The quantitative estimate of drug-likeness (QED) is 0.747. The van der Waals surface area contributed by atoms with Crippen LogP contribution in [0.2, 0.25) is 0 Å². The van der Waals surface area contributed by atoms with Gasteiger partial charge in [0.15, 0.2) is 0 Å². The Labute approximate surface area is 89.1 Å². The summed E-state index contributed by atoms with van der Waals surface area (Å²) in [5, 5.41) is 17.9. The van der Waals surface area contributed by atoms with Gasteiger partial charge in [-0.2, -0.15) is 0 Å². The van der Waals surface area contributed by atoms with Gasteiger partial charge in [-0.15, -0.1) is 0 Å². The van der Waals surface area contributed by atoms with Gasteiger partial charge in [-0.1, -0.05) is 9.59 Å². The average molecular weight is 231 g/mol. The van der Waals surface area contributed by atoms with Gasteiger partial charge >= 0.3 is 12.0 Å². The smallest absolute Gasteiger partial charge is 0.324 e. The molecule has 0 aromatic carbocycles. The summed E-state index contributed by atoms with van der Waals surface area (Å²) in [6.45, 7) is 1.62. The van der Waals surface area contributed by atoms with E-state index in [0.717, 1.165) is 16.4 Å². The maximum Gasteiger partial charge on any atom is 0.324 e. The number of nitrogens with one attached hydrogen (secondary N) is 1. The molecule has 0 fully saturated rings. The number of hydrogen-bond acceptors (Lipinski definition) is 6. The van der Waals surface area contributed by atoms with E-state index in [-0.39, 0.29) is 11.7 Å². The van der Waals surface area contributed by atoms with Crippen molar-refractivity contribution in [3.63, 3.8) is 0 Å². The predicted octanol–water partition coefficient (Wildman–Crippen LogP) is -0.129. The molecule has 1 rings (SSSR count). The molecular weight excluding hydrogens is 222 g/mol. The van der Waals surface area contributed by atoms with Crippen molar-refractivity contribution in [1.29, 1.82) is 0 Å². The molecule has 0 bridgehead atoms. The van der Waals surface area contributed by atoms with Crippen molar-refractivity contribution in [2.24, 2.45) is 0 Å². The number of amides is 2. The molecule has 0 aliphatic rings. The van der Waals surface area contributed by atoms with E-state index >= 15 is 0 Å². The number of anilines is 1. The minimum Gasteiger partial charge on any atom is -0.480 e. The lowest BCUT2D eigenvalue weighted by Gasteiger charge is -2.17. The zero-order chi connectivity index (χ0) is 11.3. The third-order valence-corrected chi connectivity index (χ3v) is 2.02. The first kappa shape index (κ1) is 11.3. The van der Waals surface area contributed by atoms with E-state index in [9.17, 15) is 9.59 Å². The van der Waals surface area contributed by atoms with Crippen molar-refractivity contribution in [1.82, 2.24) is 19.7 Å². The van der Waals surface area contributed by atoms with Gasteiger partial charge < -0.3 is 10.0 Å². The Bertz CT molecular complexity index is 341. The first-order chi connectivity index (χ1) is 7.13. The van der Waals surface area contributed by atoms with Crippen molar-refractivity contribution in [3.05, 3.63) is 0 Å². The van der Waals surface area contributed by atoms with Crippen LogP contribution in [-0.2, 0) is 4.79 Å². The largest absolute Gasteiger partial charge is 0.480 e. The van der Waals surface area contributed by atoms with Crippen LogP contribution in [0.3, 0.4) is 0 Å². The van der Waals surface area contributed by atoms with Crippen molar-refractivity contribution in [3.8, 4) is 0 Å². The van der Waals surface area contributed by atoms with E-state index in [1.54, 1.807) is 6.92 Å². The maximum atomic E-state index is 11.4. The molecule has 1 aromatic rings. The van der Waals surface area contributed by atoms with Gasteiger partial charge in [0.25, 0.3) is 0 Å². The van der Waals surface area contributed by atoms with E-state index in [4.69, 9.17) is 5.11 Å². The van der Waals surface area contributed by atoms with Crippen LogP contribution in [0.25, 0.3) is 0 Å². The van der Waals surface area contributed by atoms with Crippen LogP contribution >= 0.6 is 11.5 Å². The summed E-state index contributed by atoms with van der Waals surface area (Å²) in [5.41, 5.74) is 0. The Morgan fingerprint density at radius 1 is 1.60 bits per heavy atom. The summed E-state index contributed by atoms with van der Waals surface area (Å²) < 4.78 is 3.45. The number of aliphatic carboxylic acids is 1. The van der Waals surface area contributed by atoms with E-state index in [0.29, 0.717) is 6.54 Å². The maximum absolute atomic E-state index is 11.4. The number of carboxylic acid groups (broad SMARTS) is 1. The molecular formula is C6H9N5O3S. The molecule has 9 heteroatoms. The molecule has 1 aromatic heterocycles. The number of carboxylic acids is 1. The van der Waals surface area contributed by atoms with Crippen LogP contribution in [0.1, 0.15) is 6.92 Å². The highest BCUT2D eigenvalue weighted by atomic mass is 32.1. The van der Waals surface area contributed by atoms with Crippen LogP contribution in [0.5, 0.6) is 0 Å². The Morgan fingerprint density at radius 2 is 2.33 bits per heavy atom. The molecule has 0 spiro atoms. The number of nitrogens with zero attached hydrogens (tertiary/aromatic N) is 4. The van der Waals surface area contributed by atoms with Gasteiger partial charge in [0.05, 0.1) is 0 Å². The highest BCUT2D eigenvalue weighted by Crippen LogP contribution is 2.05. The summed E-state index contributed by atoms with van der Waals surface area (Å²) >= 11 is 0.920. The van der Waals surface area contributed by atoms with Crippen molar-refractivity contribution < 1.29 is 14.7 Å². The number of urea groups is 1. The normalized spacial score (nSPS) is 9.67. The van der Waals surface area contributed by atoms with Gasteiger partial charge in [-0.25, -0.2) is 4.79 Å². The second-order valence-corrected chi connectivity index (χ2v) is 3.24. The Kier molecular flexibility index (Phi) is 3.92. The van der Waals surface area contributed by atoms with E-state index < -0.39 is 12.0 Å². The van der Waals surface area contributed by atoms with E-state index in [1.807, 2.05) is 0 Å². The lowest BCUT2D eigenvalue weighted by molar-refractivity contribution is -0.137. The molecule has 0 saturated carbocycles. The number of aromatic nitrogens is 3. The van der Waals surface area contributed by atoms with Crippen molar-refractivity contribution in [2.75, 3.05) is 18.4 Å². The van der Waals surface area contributed by atoms with Gasteiger partial charge in [0, 0.05) is 18.1 Å². The molecule has 0 aliphatic heterocycles. The molecule has 15 heavy (non-hydrogen) atoms. The first-order valence-corrected chi connectivity index (χ1v) is 4.83. The Morgan fingerprint density at radius 3 is 2.80 bits per heavy atom. The number of carbonyl (C=O) groups excluding carboxylic acids is 1. The van der Waals surface area contributed by atoms with Gasteiger partial charge in [0.2, 0.25) is 5.13 Å². The van der Waals surface area contributed by atoms with Crippen LogP contribution in [-0.4, -0.2) is 49.9 Å². The third kappa shape index (κ3) is 3.46. The van der Waals surface area contributed by atoms with Gasteiger partial charge in [0.1, 0.15) is 6.54 Å². The molecule has 0 radical (unpaired) electrons. The molecule has 82 valence electrons. The average Bonchev–Trinajstić information content (AvgIpc) is 2.66. The summed E-state index contributed by atoms with van der Waals surface area (Å²) in [6.07, 6.45) is 0. The summed E-state index contributed by atoms with van der Waals surface area (Å²) in [6, 6.07) is -0.529. The molecule has 1 heterocycles. The minimum atomic E-state index is -1.07. The lowest BCUT2D eigenvalue weighted by atomic mass is 10.5. The zero-order valence-electron chi connectivity index (χ0n) is 7.88. The third-order valence-electron chi connectivity index (χ3n) is 1.51. The summed E-state index contributed by atoms with van der Waals surface area (Å²) in [7, 11) is 0. The topological polar surface area (TPSA) is 108 Å². The van der Waals surface area contributed by atoms with Crippen LogP contribution in [0.4, 0.5) is 9.93 Å². The van der Waals surface area contributed by atoms with E-state index in [2.05, 4.69) is 20.1 Å². The fourth-order valence-electron chi connectivity index (χ4n) is 0.843. The molecule has 0 saturated heterocycles. The second kappa shape index (κ2) is 5.20. The first-order valence-electron chi connectivity index (χ1n) is 4.06. The van der Waals surface area contributed by atoms with Crippen LogP contribution in [0.15, 0.2) is 0 Å². The SMILES string of the molecule is CCN(CC(=O)O)C(=O)Nc1nnns1. The number of likely N-dealkylation sites (N-methyl/N-ethyl adjacent to an activating group) is 1. The van der Waals surface area contributed by atoms with Crippen LogP contribution < -0.4 is 5.32 Å². The van der Waals surface area contributed by atoms with Gasteiger partial charge in [-0.05, 0) is 12.1 Å². The fraction of sp³-hybridized carbons (Fsp3) is 0.500. The van der Waals surface area contributed by atoms with E-state index in [1.165, 1.54) is 0 Å². The Hall–Kier alpha value is -1.77. The highest BCUT2D eigenvalue weighted by molar-refractivity contribution is 7.09. The molecule has 2 amide bonds. The zero-order valence-corrected chi connectivity index (χ0v) is 8.69.